The van der Waals surface area contributed by atoms with Gasteiger partial charge in [0.05, 0.1) is 5.52 Å². The molecule has 0 saturated carbocycles. The molecule has 0 amide bonds. The zero-order valence-electron chi connectivity index (χ0n) is 14.7. The Morgan fingerprint density at radius 1 is 1.14 bits per heavy atom. The second-order valence-corrected chi connectivity index (χ2v) is 4.70. The number of para-hydroxylation sites is 1. The van der Waals surface area contributed by atoms with Crippen molar-refractivity contribution in [2.24, 2.45) is 0 Å². The maximum absolute atomic E-state index is 6.22. The van der Waals surface area contributed by atoms with Crippen LogP contribution in [0.4, 0.5) is 0 Å². The lowest BCUT2D eigenvalue weighted by atomic mass is 10.1. The van der Waals surface area contributed by atoms with Crippen LogP contribution in [0.3, 0.4) is 0 Å². The number of allylic oxidation sites excluding steroid dienone is 4. The van der Waals surface area contributed by atoms with Crippen molar-refractivity contribution in [3.63, 3.8) is 0 Å². The number of nitrogens with zero attached hydrogens (tertiary/aromatic N) is 1. The fourth-order valence-electron chi connectivity index (χ4n) is 1.88. The van der Waals surface area contributed by atoms with Gasteiger partial charge >= 0.3 is 0 Å². The monoisotopic (exact) mass is 317 g/mol. The van der Waals surface area contributed by atoms with Gasteiger partial charge in [-0.15, -0.1) is 0 Å². The highest BCUT2D eigenvalue weighted by molar-refractivity contribution is 6.30. The smallest absolute Gasteiger partial charge is 0.133 e. The first-order valence-corrected chi connectivity index (χ1v) is 8.41. The molecule has 2 heteroatoms. The highest BCUT2D eigenvalue weighted by Crippen LogP contribution is 2.22. The average Bonchev–Trinajstić information content (AvgIpc) is 2.57. The number of aromatic nitrogens is 1. The second kappa shape index (κ2) is 12.0. The molecule has 0 aliphatic carbocycles. The van der Waals surface area contributed by atoms with E-state index in [9.17, 15) is 0 Å². The highest BCUT2D eigenvalue weighted by Gasteiger charge is 2.05. The fourth-order valence-corrected chi connectivity index (χ4v) is 2.09. The molecule has 2 rings (SSSR count). The van der Waals surface area contributed by atoms with Gasteiger partial charge in [0, 0.05) is 5.39 Å². The Kier molecular flexibility index (Phi) is 11.1. The van der Waals surface area contributed by atoms with Crippen molar-refractivity contribution in [3.05, 3.63) is 64.8 Å². The van der Waals surface area contributed by atoms with Crippen LogP contribution in [0.5, 0.6) is 0 Å². The molecule has 1 aromatic heterocycles. The van der Waals surface area contributed by atoms with Gasteiger partial charge in [0.2, 0.25) is 0 Å². The summed E-state index contributed by atoms with van der Waals surface area (Å²) in [5.74, 6) is 0. The zero-order valence-corrected chi connectivity index (χ0v) is 15.4. The van der Waals surface area contributed by atoms with Crippen molar-refractivity contribution in [2.75, 3.05) is 0 Å². The maximum Gasteiger partial charge on any atom is 0.133 e. The van der Waals surface area contributed by atoms with Gasteiger partial charge < -0.3 is 0 Å². The molecule has 0 saturated heterocycles. The predicted octanol–water partition coefficient (Wildman–Crippen LogP) is 7.01. The van der Waals surface area contributed by atoms with Crippen LogP contribution in [0.15, 0.2) is 54.1 Å². The molecule has 0 bridgehead atoms. The van der Waals surface area contributed by atoms with E-state index in [4.69, 9.17) is 11.6 Å². The van der Waals surface area contributed by atoms with Gasteiger partial charge in [-0.2, -0.15) is 0 Å². The lowest BCUT2D eigenvalue weighted by Crippen LogP contribution is -1.92. The van der Waals surface area contributed by atoms with Gasteiger partial charge in [-0.3, -0.25) is 0 Å². The summed E-state index contributed by atoms with van der Waals surface area (Å²) in [6.45, 7) is 12.1. The van der Waals surface area contributed by atoms with Crippen LogP contribution in [0, 0.1) is 0 Å². The summed E-state index contributed by atoms with van der Waals surface area (Å²) < 4.78 is 0. The SMILES string of the molecule is C/C=C\C=C(/C)Cc1cc2ccccc2nc1Cl.CC.CC. The van der Waals surface area contributed by atoms with Gasteiger partial charge in [-0.1, -0.05) is 81.3 Å². The summed E-state index contributed by atoms with van der Waals surface area (Å²) in [4.78, 5) is 4.43. The second-order valence-electron chi connectivity index (χ2n) is 4.35. The van der Waals surface area contributed by atoms with Crippen molar-refractivity contribution in [1.82, 2.24) is 4.98 Å². The third-order valence-electron chi connectivity index (χ3n) is 2.79. The summed E-state index contributed by atoms with van der Waals surface area (Å²) in [5, 5.41) is 1.73. The van der Waals surface area contributed by atoms with Crippen molar-refractivity contribution in [3.8, 4) is 0 Å². The van der Waals surface area contributed by atoms with Crippen molar-refractivity contribution in [1.29, 1.82) is 0 Å². The molecule has 2 aromatic rings. The van der Waals surface area contributed by atoms with E-state index in [0.717, 1.165) is 22.9 Å². The minimum Gasteiger partial charge on any atom is -0.236 e. The van der Waals surface area contributed by atoms with Crippen LogP contribution in [-0.2, 0) is 6.42 Å². The first-order chi connectivity index (χ1) is 10.7. The van der Waals surface area contributed by atoms with E-state index in [0.29, 0.717) is 5.15 Å². The third-order valence-corrected chi connectivity index (χ3v) is 3.12. The summed E-state index contributed by atoms with van der Waals surface area (Å²) in [6.07, 6.45) is 6.99. The van der Waals surface area contributed by atoms with E-state index in [1.165, 1.54) is 5.57 Å². The van der Waals surface area contributed by atoms with Crippen LogP contribution >= 0.6 is 11.6 Å². The Labute approximate surface area is 140 Å². The molecule has 0 aliphatic rings. The number of benzene rings is 1. The molecule has 1 heterocycles. The summed E-state index contributed by atoms with van der Waals surface area (Å²) >= 11 is 6.22. The molecule has 1 nitrogen and oxygen atoms in total. The topological polar surface area (TPSA) is 12.9 Å². The average molecular weight is 318 g/mol. The molecule has 0 aliphatic heterocycles. The molecular formula is C20H28ClN. The van der Waals surface area contributed by atoms with E-state index in [2.05, 4.69) is 30.1 Å². The maximum atomic E-state index is 6.22. The van der Waals surface area contributed by atoms with E-state index in [1.807, 2.05) is 65.0 Å². The largest absolute Gasteiger partial charge is 0.236 e. The molecule has 0 atom stereocenters. The minimum absolute atomic E-state index is 0.599. The van der Waals surface area contributed by atoms with Crippen LogP contribution in [0.2, 0.25) is 5.15 Å². The number of hydrogen-bond donors (Lipinski definition) is 0. The van der Waals surface area contributed by atoms with Crippen LogP contribution < -0.4 is 0 Å². The van der Waals surface area contributed by atoms with Crippen molar-refractivity contribution >= 4 is 22.5 Å². The van der Waals surface area contributed by atoms with E-state index < -0.39 is 0 Å². The molecular weight excluding hydrogens is 290 g/mol. The molecule has 0 radical (unpaired) electrons. The van der Waals surface area contributed by atoms with E-state index in [1.54, 1.807) is 0 Å². The van der Waals surface area contributed by atoms with Gasteiger partial charge in [0.25, 0.3) is 0 Å². The number of halogens is 1. The third kappa shape index (κ3) is 6.44. The normalized spacial score (nSPS) is 10.8. The molecule has 120 valence electrons. The van der Waals surface area contributed by atoms with Crippen LogP contribution in [0.25, 0.3) is 10.9 Å². The standard InChI is InChI=1S/C16H16ClN.2C2H6/c1-3-4-7-12(2)10-14-11-13-8-5-6-9-15(13)18-16(14)17;2*1-2/h3-9,11H,10H2,1-2H3;2*1-2H3/b4-3-,12-7+;;. The molecule has 0 fully saturated rings. The molecule has 1 aromatic carbocycles. The quantitative estimate of drug-likeness (QED) is 0.438. The lowest BCUT2D eigenvalue weighted by Gasteiger charge is -2.06. The van der Waals surface area contributed by atoms with Gasteiger partial charge in [-0.05, 0) is 38.0 Å². The first kappa shape index (κ1) is 20.4. The minimum atomic E-state index is 0.599. The predicted molar refractivity (Wildman–Crippen MR) is 102 cm³/mol. The summed E-state index contributed by atoms with van der Waals surface area (Å²) in [5.41, 5.74) is 3.29. The van der Waals surface area contributed by atoms with Gasteiger partial charge in [0.15, 0.2) is 0 Å². The van der Waals surface area contributed by atoms with Gasteiger partial charge in [-0.25, -0.2) is 4.98 Å². The summed E-state index contributed by atoms with van der Waals surface area (Å²) in [7, 11) is 0. The Morgan fingerprint density at radius 2 is 1.77 bits per heavy atom. The number of fused-ring (bicyclic) bond motifs is 1. The molecule has 0 N–H and O–H groups in total. The van der Waals surface area contributed by atoms with E-state index >= 15 is 0 Å². The fraction of sp³-hybridized carbons (Fsp3) is 0.350. The molecule has 0 unspecified atom stereocenters. The highest BCUT2D eigenvalue weighted by atomic mass is 35.5. The van der Waals surface area contributed by atoms with Crippen LogP contribution in [-0.4, -0.2) is 4.98 Å². The Balaban J connectivity index is 0.00000102. The molecule has 0 spiro atoms. The summed E-state index contributed by atoms with van der Waals surface area (Å²) in [6, 6.07) is 10.2. The molecule has 22 heavy (non-hydrogen) atoms. The van der Waals surface area contributed by atoms with E-state index in [-0.39, 0.29) is 0 Å². The zero-order chi connectivity index (χ0) is 17.0. The van der Waals surface area contributed by atoms with Crippen molar-refractivity contribution < 1.29 is 0 Å². The van der Waals surface area contributed by atoms with Gasteiger partial charge in [0.1, 0.15) is 5.15 Å². The Bertz CT molecular complexity index is 612. The number of hydrogen-bond acceptors (Lipinski definition) is 1. The Morgan fingerprint density at radius 3 is 2.41 bits per heavy atom. The van der Waals surface area contributed by atoms with Crippen LogP contribution in [0.1, 0.15) is 47.1 Å². The lowest BCUT2D eigenvalue weighted by molar-refractivity contribution is 1.13. The Hall–Kier alpha value is -1.60. The number of pyridine rings is 1. The van der Waals surface area contributed by atoms with Crippen molar-refractivity contribution in [2.45, 2.75) is 48.0 Å². The first-order valence-electron chi connectivity index (χ1n) is 8.03. The number of rotatable bonds is 3.